The van der Waals surface area contributed by atoms with Crippen molar-refractivity contribution in [1.82, 2.24) is 4.57 Å². The first-order valence-corrected chi connectivity index (χ1v) is 11.7. The van der Waals surface area contributed by atoms with E-state index in [1.807, 2.05) is 12.1 Å². The molecule has 0 saturated carbocycles. The minimum Gasteiger partial charge on any atom is -0.480 e. The predicted octanol–water partition coefficient (Wildman–Crippen LogP) is 2.69. The minimum atomic E-state index is -1.60. The molecule has 1 aliphatic rings. The number of aliphatic hydroxyl groups is 4. The maximum Gasteiger partial charge on any atom is 0.195 e. The van der Waals surface area contributed by atoms with Crippen LogP contribution in [0.25, 0.3) is 16.6 Å². The normalized spacial score (nSPS) is 24.1. The molecule has 3 aromatic carbocycles. The van der Waals surface area contributed by atoms with E-state index in [1.165, 1.54) is 0 Å². The van der Waals surface area contributed by atoms with Gasteiger partial charge >= 0.3 is 0 Å². The molecule has 1 aromatic heterocycles. The first kappa shape index (κ1) is 24.5. The number of hydrogen-bond acceptors (Lipinski definition) is 7. The summed E-state index contributed by atoms with van der Waals surface area (Å²) < 4.78 is 12.9. The summed E-state index contributed by atoms with van der Waals surface area (Å²) >= 11 is 6.30. The molecule has 5 rings (SSSR count). The highest BCUT2D eigenvalue weighted by Crippen LogP contribution is 2.36. The lowest BCUT2D eigenvalue weighted by Crippen LogP contribution is -2.60. The van der Waals surface area contributed by atoms with E-state index in [-0.39, 0.29) is 11.5 Å². The van der Waals surface area contributed by atoms with Gasteiger partial charge in [0.25, 0.3) is 0 Å². The van der Waals surface area contributed by atoms with Gasteiger partial charge in [-0.25, -0.2) is 0 Å². The molecular weight excluding hydrogens is 486 g/mol. The van der Waals surface area contributed by atoms with Gasteiger partial charge in [0.05, 0.1) is 24.0 Å². The Morgan fingerprint density at radius 3 is 2.44 bits per heavy atom. The maximum absolute atomic E-state index is 13.3. The van der Waals surface area contributed by atoms with Crippen molar-refractivity contribution < 1.29 is 34.7 Å². The molecule has 8 nitrogen and oxygen atoms in total. The number of ether oxygens (including phenoxy) is 2. The quantitative estimate of drug-likeness (QED) is 0.295. The van der Waals surface area contributed by atoms with Gasteiger partial charge in [0.15, 0.2) is 18.2 Å². The van der Waals surface area contributed by atoms with Crippen molar-refractivity contribution >= 4 is 28.3 Å². The van der Waals surface area contributed by atoms with E-state index < -0.39 is 37.3 Å². The lowest BCUT2D eigenvalue weighted by Gasteiger charge is -2.39. The van der Waals surface area contributed by atoms with Crippen LogP contribution in [0.1, 0.15) is 15.9 Å². The van der Waals surface area contributed by atoms with Crippen molar-refractivity contribution in [3.8, 4) is 11.4 Å². The van der Waals surface area contributed by atoms with Crippen LogP contribution in [0, 0.1) is 0 Å². The molecule has 0 spiro atoms. The number of hydrogen-bond donors (Lipinski definition) is 4. The van der Waals surface area contributed by atoms with Crippen molar-refractivity contribution in [2.75, 3.05) is 6.61 Å². The van der Waals surface area contributed by atoms with Gasteiger partial charge in [-0.1, -0.05) is 54.1 Å². The molecule has 5 atom stereocenters. The SMILES string of the molecule is O=C(c1ccccc1)c1ccccc1-n1cc(O[C@@H]2[C@@H](O)[C@H](O)[C@@H](CO)O[C@H]2O)c2ccc(Cl)cc21. The zero-order valence-corrected chi connectivity index (χ0v) is 19.7. The third kappa shape index (κ3) is 4.39. The van der Waals surface area contributed by atoms with Crippen molar-refractivity contribution in [1.29, 1.82) is 0 Å². The van der Waals surface area contributed by atoms with Crippen LogP contribution in [-0.4, -0.2) is 68.1 Å². The van der Waals surface area contributed by atoms with Crippen LogP contribution in [0.4, 0.5) is 0 Å². The fourth-order valence-corrected chi connectivity index (χ4v) is 4.59. The summed E-state index contributed by atoms with van der Waals surface area (Å²) in [6, 6.07) is 21.1. The summed E-state index contributed by atoms with van der Waals surface area (Å²) in [6.07, 6.45) is -5.44. The molecule has 0 bridgehead atoms. The van der Waals surface area contributed by atoms with Crippen molar-refractivity contribution in [2.45, 2.75) is 30.7 Å². The Morgan fingerprint density at radius 1 is 0.972 bits per heavy atom. The van der Waals surface area contributed by atoms with Crippen molar-refractivity contribution in [3.05, 3.63) is 95.1 Å². The second-order valence-corrected chi connectivity index (χ2v) is 8.98. The second kappa shape index (κ2) is 10.0. The van der Waals surface area contributed by atoms with Crippen molar-refractivity contribution in [2.24, 2.45) is 0 Å². The molecule has 1 saturated heterocycles. The van der Waals surface area contributed by atoms with E-state index >= 15 is 0 Å². The van der Waals surface area contributed by atoms with Crippen LogP contribution in [0.15, 0.2) is 79.0 Å². The Labute approximate surface area is 211 Å². The third-order valence-electron chi connectivity index (χ3n) is 6.28. The van der Waals surface area contributed by atoms with Gasteiger partial charge < -0.3 is 34.5 Å². The average molecular weight is 510 g/mol. The van der Waals surface area contributed by atoms with E-state index in [4.69, 9.17) is 21.1 Å². The van der Waals surface area contributed by atoms with E-state index in [9.17, 15) is 25.2 Å². The second-order valence-electron chi connectivity index (χ2n) is 8.55. The Balaban J connectivity index is 1.59. The molecule has 1 fully saturated rings. The molecule has 1 aliphatic heterocycles. The topological polar surface area (TPSA) is 121 Å². The Morgan fingerprint density at radius 2 is 1.69 bits per heavy atom. The molecule has 0 aliphatic carbocycles. The number of para-hydroxylation sites is 1. The summed E-state index contributed by atoms with van der Waals surface area (Å²) in [4.78, 5) is 13.3. The lowest BCUT2D eigenvalue weighted by atomic mass is 9.99. The third-order valence-corrected chi connectivity index (χ3v) is 6.52. The summed E-state index contributed by atoms with van der Waals surface area (Å²) in [7, 11) is 0. The van der Waals surface area contributed by atoms with Gasteiger partial charge in [-0.15, -0.1) is 0 Å². The van der Waals surface area contributed by atoms with Crippen LogP contribution in [0.2, 0.25) is 5.02 Å². The molecule has 186 valence electrons. The van der Waals surface area contributed by atoms with Gasteiger partial charge in [0.2, 0.25) is 0 Å². The number of ketones is 1. The number of carbonyl (C=O) groups excluding carboxylic acids is 1. The summed E-state index contributed by atoms with van der Waals surface area (Å²) in [5.41, 5.74) is 2.19. The molecule has 0 radical (unpaired) electrons. The molecule has 2 heterocycles. The zero-order valence-electron chi connectivity index (χ0n) is 18.9. The Bertz CT molecular complexity index is 1390. The van der Waals surface area contributed by atoms with Crippen LogP contribution < -0.4 is 4.74 Å². The number of carbonyl (C=O) groups is 1. The van der Waals surface area contributed by atoms with E-state index in [2.05, 4.69) is 0 Å². The molecule has 4 aromatic rings. The molecular formula is C27H24ClNO7. The zero-order chi connectivity index (χ0) is 25.4. The first-order valence-electron chi connectivity index (χ1n) is 11.4. The number of halogens is 1. The number of benzene rings is 3. The van der Waals surface area contributed by atoms with Crippen LogP contribution in [0.3, 0.4) is 0 Å². The van der Waals surface area contributed by atoms with Crippen LogP contribution in [0.5, 0.6) is 5.75 Å². The summed E-state index contributed by atoms with van der Waals surface area (Å²) in [6.45, 7) is -0.577. The molecule has 0 amide bonds. The fourth-order valence-electron chi connectivity index (χ4n) is 4.43. The highest BCUT2D eigenvalue weighted by atomic mass is 35.5. The van der Waals surface area contributed by atoms with E-state index in [1.54, 1.807) is 71.4 Å². The van der Waals surface area contributed by atoms with E-state index in [0.29, 0.717) is 32.7 Å². The Hall–Kier alpha value is -3.24. The lowest BCUT2D eigenvalue weighted by molar-refractivity contribution is -0.280. The molecule has 0 unspecified atom stereocenters. The van der Waals surface area contributed by atoms with Crippen molar-refractivity contribution in [3.63, 3.8) is 0 Å². The molecule has 4 N–H and O–H groups in total. The van der Waals surface area contributed by atoms with E-state index in [0.717, 1.165) is 0 Å². The molecule has 9 heteroatoms. The number of nitrogens with zero attached hydrogens (tertiary/aromatic N) is 1. The van der Waals surface area contributed by atoms with Crippen LogP contribution >= 0.6 is 11.6 Å². The number of fused-ring (bicyclic) bond motifs is 1. The van der Waals surface area contributed by atoms with Gasteiger partial charge in [0, 0.05) is 21.5 Å². The maximum atomic E-state index is 13.3. The average Bonchev–Trinajstić information content (AvgIpc) is 3.25. The highest BCUT2D eigenvalue weighted by Gasteiger charge is 2.45. The van der Waals surface area contributed by atoms with Gasteiger partial charge in [-0.3, -0.25) is 4.79 Å². The van der Waals surface area contributed by atoms with Gasteiger partial charge in [-0.05, 0) is 30.3 Å². The van der Waals surface area contributed by atoms with Crippen LogP contribution in [-0.2, 0) is 4.74 Å². The summed E-state index contributed by atoms with van der Waals surface area (Å²) in [5, 5.41) is 41.6. The fraction of sp³-hybridized carbons (Fsp3) is 0.222. The number of aromatic nitrogens is 1. The minimum absolute atomic E-state index is 0.165. The van der Waals surface area contributed by atoms with Gasteiger partial charge in [0.1, 0.15) is 24.1 Å². The van der Waals surface area contributed by atoms with Gasteiger partial charge in [-0.2, -0.15) is 0 Å². The largest absolute Gasteiger partial charge is 0.480 e. The standard InChI is InChI=1S/C27H24ClNO7/c28-16-10-11-17-20(12-16)29(13-21(17)35-26-25(33)24(32)22(14-30)36-27(26)34)19-9-5-4-8-18(19)23(31)15-6-2-1-3-7-15/h1-13,22,24-27,30,32-34H,14H2/t22-,24-,25+,26-,27-/m1/s1. The molecule has 36 heavy (non-hydrogen) atoms. The smallest absolute Gasteiger partial charge is 0.195 e. The monoisotopic (exact) mass is 509 g/mol. The Kier molecular flexibility index (Phi) is 6.81. The first-order chi connectivity index (χ1) is 17.4. The number of rotatable bonds is 6. The summed E-state index contributed by atoms with van der Waals surface area (Å²) in [5.74, 6) is 0.104. The highest BCUT2D eigenvalue weighted by molar-refractivity contribution is 6.31. The number of aliphatic hydroxyl groups excluding tert-OH is 4. The predicted molar refractivity (Wildman–Crippen MR) is 133 cm³/mol.